The van der Waals surface area contributed by atoms with Gasteiger partial charge in [-0.2, -0.15) is 0 Å². The summed E-state index contributed by atoms with van der Waals surface area (Å²) in [6, 6.07) is 14.1. The average molecular weight is 443 g/mol. The van der Waals surface area contributed by atoms with E-state index >= 15 is 0 Å². The number of nitrogens with one attached hydrogen (secondary N) is 1. The van der Waals surface area contributed by atoms with Crippen LogP contribution in [0.15, 0.2) is 76.6 Å². The molecule has 4 rings (SSSR count). The second-order valence-corrected chi connectivity index (χ2v) is 8.86. The van der Waals surface area contributed by atoms with Gasteiger partial charge < -0.3 is 5.32 Å². The van der Waals surface area contributed by atoms with Gasteiger partial charge in [0, 0.05) is 10.6 Å². The summed E-state index contributed by atoms with van der Waals surface area (Å²) < 4.78 is 36.5. The summed E-state index contributed by atoms with van der Waals surface area (Å²) in [4.78, 5) is 27.7. The molecule has 2 heterocycles. The number of imide groups is 1. The highest BCUT2D eigenvalue weighted by Crippen LogP contribution is 2.35. The van der Waals surface area contributed by atoms with Crippen LogP contribution in [0.3, 0.4) is 0 Å². The largest absolute Gasteiger partial charge is 0.350 e. The highest BCUT2D eigenvalue weighted by Gasteiger charge is 2.40. The first-order valence-corrected chi connectivity index (χ1v) is 11.0. The minimum atomic E-state index is -3.92. The van der Waals surface area contributed by atoms with E-state index in [1.165, 1.54) is 53.8 Å². The summed E-state index contributed by atoms with van der Waals surface area (Å²) in [7, 11) is -3.92. The van der Waals surface area contributed by atoms with Gasteiger partial charge in [0.2, 0.25) is 10.0 Å². The highest BCUT2D eigenvalue weighted by atomic mass is 32.2. The SMILES string of the molecule is NS(=O)(=O)c1ccc(N2C(=O)C(Nc3cccc(F)c3)=C(c3cccs3)C2=O)cc1. The zero-order chi connectivity index (χ0) is 21.5. The molecule has 0 atom stereocenters. The molecule has 0 fully saturated rings. The van der Waals surface area contributed by atoms with Gasteiger partial charge in [-0.3, -0.25) is 9.59 Å². The van der Waals surface area contributed by atoms with Gasteiger partial charge in [-0.25, -0.2) is 22.8 Å². The summed E-state index contributed by atoms with van der Waals surface area (Å²) in [5.41, 5.74) is 0.646. The lowest BCUT2D eigenvalue weighted by Gasteiger charge is -2.15. The van der Waals surface area contributed by atoms with E-state index in [0.29, 0.717) is 10.6 Å². The first-order chi connectivity index (χ1) is 14.3. The lowest BCUT2D eigenvalue weighted by molar-refractivity contribution is -0.120. The molecule has 3 aromatic rings. The Bertz CT molecular complexity index is 1280. The van der Waals surface area contributed by atoms with E-state index in [4.69, 9.17) is 5.14 Å². The molecule has 30 heavy (non-hydrogen) atoms. The second-order valence-electron chi connectivity index (χ2n) is 6.35. The Kier molecular flexibility index (Phi) is 4.98. The van der Waals surface area contributed by atoms with Crippen LogP contribution >= 0.6 is 11.3 Å². The van der Waals surface area contributed by atoms with Gasteiger partial charge in [0.05, 0.1) is 16.2 Å². The number of rotatable bonds is 5. The fraction of sp³-hybridized carbons (Fsp3) is 0. The molecule has 10 heteroatoms. The van der Waals surface area contributed by atoms with Gasteiger partial charge in [0.25, 0.3) is 11.8 Å². The Morgan fingerprint density at radius 2 is 1.70 bits per heavy atom. The van der Waals surface area contributed by atoms with Crippen LogP contribution in [0, 0.1) is 5.82 Å². The standard InChI is InChI=1S/C20H14FN3O4S2/c21-12-3-1-4-13(11-12)23-18-17(16-5-2-10-29-16)19(25)24(20(18)26)14-6-8-15(9-7-14)30(22,27)28/h1-11,23H,(H2,22,27,28). The van der Waals surface area contributed by atoms with E-state index in [0.717, 1.165) is 4.90 Å². The molecule has 2 aromatic carbocycles. The third-order valence-corrected chi connectivity index (χ3v) is 6.19. The fourth-order valence-corrected chi connectivity index (χ4v) is 4.31. The maximum Gasteiger partial charge on any atom is 0.282 e. The van der Waals surface area contributed by atoms with Crippen LogP contribution in [-0.2, 0) is 19.6 Å². The summed E-state index contributed by atoms with van der Waals surface area (Å²) in [5.74, 6) is -1.72. The van der Waals surface area contributed by atoms with Crippen molar-refractivity contribution < 1.29 is 22.4 Å². The second kappa shape index (κ2) is 7.48. The molecule has 0 aliphatic carbocycles. The van der Waals surface area contributed by atoms with Crippen molar-refractivity contribution in [3.05, 3.63) is 82.4 Å². The Labute approximate surface area is 175 Å². The van der Waals surface area contributed by atoms with Crippen molar-refractivity contribution >= 4 is 50.1 Å². The number of benzene rings is 2. The van der Waals surface area contributed by atoms with Gasteiger partial charge in [-0.15, -0.1) is 11.3 Å². The molecular formula is C20H14FN3O4S2. The van der Waals surface area contributed by atoms with Crippen molar-refractivity contribution in [3.8, 4) is 0 Å². The quantitative estimate of drug-likeness (QED) is 0.589. The number of thiophene rings is 1. The zero-order valence-corrected chi connectivity index (χ0v) is 16.8. The van der Waals surface area contributed by atoms with Gasteiger partial charge in [-0.1, -0.05) is 12.1 Å². The number of anilines is 2. The van der Waals surface area contributed by atoms with E-state index in [-0.39, 0.29) is 21.9 Å². The molecule has 0 radical (unpaired) electrons. The number of amides is 2. The number of hydrogen-bond acceptors (Lipinski definition) is 6. The van der Waals surface area contributed by atoms with Crippen molar-refractivity contribution in [1.82, 2.24) is 0 Å². The van der Waals surface area contributed by atoms with E-state index < -0.39 is 27.7 Å². The zero-order valence-electron chi connectivity index (χ0n) is 15.2. The molecule has 3 N–H and O–H groups in total. The van der Waals surface area contributed by atoms with Crippen LogP contribution < -0.4 is 15.4 Å². The predicted octanol–water partition coefficient (Wildman–Crippen LogP) is 2.93. The van der Waals surface area contributed by atoms with Crippen LogP contribution in [0.1, 0.15) is 4.88 Å². The smallest absolute Gasteiger partial charge is 0.282 e. The summed E-state index contributed by atoms with van der Waals surface area (Å²) in [6.45, 7) is 0. The number of carbonyl (C=O) groups excluding carboxylic acids is 2. The lowest BCUT2D eigenvalue weighted by atomic mass is 10.2. The monoisotopic (exact) mass is 443 g/mol. The topological polar surface area (TPSA) is 110 Å². The number of hydrogen-bond donors (Lipinski definition) is 2. The Hall–Kier alpha value is -3.34. The normalized spacial score (nSPS) is 14.5. The van der Waals surface area contributed by atoms with Gasteiger partial charge in [-0.05, 0) is 53.9 Å². The first-order valence-electron chi connectivity index (χ1n) is 8.58. The van der Waals surface area contributed by atoms with E-state index in [9.17, 15) is 22.4 Å². The van der Waals surface area contributed by atoms with Crippen LogP contribution in [0.25, 0.3) is 5.57 Å². The Morgan fingerprint density at radius 1 is 0.967 bits per heavy atom. The molecule has 1 aliphatic heterocycles. The van der Waals surface area contributed by atoms with Crippen molar-refractivity contribution in [2.24, 2.45) is 5.14 Å². The van der Waals surface area contributed by atoms with Crippen molar-refractivity contribution in [3.63, 3.8) is 0 Å². The van der Waals surface area contributed by atoms with Gasteiger partial charge >= 0.3 is 0 Å². The average Bonchev–Trinajstić information content (AvgIpc) is 3.28. The van der Waals surface area contributed by atoms with E-state index in [1.807, 2.05) is 0 Å². The van der Waals surface area contributed by atoms with Crippen LogP contribution in [0.5, 0.6) is 0 Å². The Balaban J connectivity index is 1.77. The maximum absolute atomic E-state index is 13.6. The summed E-state index contributed by atoms with van der Waals surface area (Å²) in [5, 5.41) is 9.72. The molecule has 0 unspecified atom stereocenters. The first kappa shape index (κ1) is 20.0. The van der Waals surface area contributed by atoms with E-state index in [1.54, 1.807) is 23.6 Å². The lowest BCUT2D eigenvalue weighted by Crippen LogP contribution is -2.32. The van der Waals surface area contributed by atoms with E-state index in [2.05, 4.69) is 5.32 Å². The van der Waals surface area contributed by atoms with Crippen molar-refractivity contribution in [2.45, 2.75) is 4.90 Å². The molecule has 2 amide bonds. The van der Waals surface area contributed by atoms with Gasteiger partial charge in [0.1, 0.15) is 11.5 Å². The Morgan fingerprint density at radius 3 is 2.30 bits per heavy atom. The maximum atomic E-state index is 13.6. The number of carbonyl (C=O) groups is 2. The molecule has 1 aliphatic rings. The predicted molar refractivity (Wildman–Crippen MR) is 112 cm³/mol. The fourth-order valence-electron chi connectivity index (χ4n) is 3.03. The third-order valence-electron chi connectivity index (χ3n) is 4.37. The molecule has 0 spiro atoms. The number of nitrogens with two attached hydrogens (primary N) is 1. The van der Waals surface area contributed by atoms with Crippen molar-refractivity contribution in [2.75, 3.05) is 10.2 Å². The minimum Gasteiger partial charge on any atom is -0.350 e. The molecule has 0 bridgehead atoms. The third kappa shape index (κ3) is 3.63. The van der Waals surface area contributed by atoms with Crippen molar-refractivity contribution in [1.29, 1.82) is 0 Å². The number of nitrogens with zero attached hydrogens (tertiary/aromatic N) is 1. The molecule has 0 saturated heterocycles. The molecule has 7 nitrogen and oxygen atoms in total. The number of sulfonamides is 1. The summed E-state index contributed by atoms with van der Waals surface area (Å²) >= 11 is 1.28. The van der Waals surface area contributed by atoms with Crippen LogP contribution in [0.4, 0.5) is 15.8 Å². The molecule has 1 aromatic heterocycles. The number of primary sulfonamides is 1. The molecule has 152 valence electrons. The molecular weight excluding hydrogens is 429 g/mol. The van der Waals surface area contributed by atoms with Crippen LogP contribution in [0.2, 0.25) is 0 Å². The minimum absolute atomic E-state index is 0.00331. The number of halogens is 1. The highest BCUT2D eigenvalue weighted by molar-refractivity contribution is 7.89. The summed E-state index contributed by atoms with van der Waals surface area (Å²) in [6.07, 6.45) is 0. The molecule has 0 saturated carbocycles. The van der Waals surface area contributed by atoms with Gasteiger partial charge in [0.15, 0.2) is 0 Å². The van der Waals surface area contributed by atoms with Crippen LogP contribution in [-0.4, -0.2) is 20.2 Å².